The normalized spacial score (nSPS) is 33.4. The van der Waals surface area contributed by atoms with Crippen LogP contribution in [0.3, 0.4) is 0 Å². The van der Waals surface area contributed by atoms with Crippen molar-refractivity contribution in [2.75, 3.05) is 25.9 Å². The lowest BCUT2D eigenvalue weighted by Gasteiger charge is -2.44. The van der Waals surface area contributed by atoms with Crippen molar-refractivity contribution < 1.29 is 33.6 Å². The lowest BCUT2D eigenvalue weighted by atomic mass is 9.80. The number of halogens is 3. The summed E-state index contributed by atoms with van der Waals surface area (Å²) >= 11 is 7.53. The van der Waals surface area contributed by atoms with Gasteiger partial charge in [0.1, 0.15) is 29.9 Å². The maximum Gasteiger partial charge on any atom is 0.263 e. The van der Waals surface area contributed by atoms with Crippen LogP contribution < -0.4 is 16.0 Å². The summed E-state index contributed by atoms with van der Waals surface area (Å²) in [6.45, 7) is 2.23. The molecule has 1 amide bonds. The first-order valence-electron chi connectivity index (χ1n) is 12.9. The van der Waals surface area contributed by atoms with Crippen molar-refractivity contribution in [2.45, 2.75) is 92.3 Å². The third-order valence-electron chi connectivity index (χ3n) is 7.39. The molecule has 212 valence electrons. The Morgan fingerprint density at radius 3 is 2.68 bits per heavy atom. The van der Waals surface area contributed by atoms with Crippen LogP contribution in [0.5, 0.6) is 0 Å². The predicted molar refractivity (Wildman–Crippen MR) is 141 cm³/mol. The van der Waals surface area contributed by atoms with Crippen LogP contribution in [0.2, 0.25) is 0 Å². The van der Waals surface area contributed by atoms with Crippen molar-refractivity contribution >= 4 is 29.3 Å². The zero-order valence-corrected chi connectivity index (χ0v) is 22.9. The summed E-state index contributed by atoms with van der Waals surface area (Å²) in [4.78, 5) is 13.1. The summed E-state index contributed by atoms with van der Waals surface area (Å²) < 4.78 is 33.8. The van der Waals surface area contributed by atoms with Gasteiger partial charge in [0.25, 0.3) is 5.92 Å². The molecule has 0 aromatic carbocycles. The zero-order chi connectivity index (χ0) is 27.2. The van der Waals surface area contributed by atoms with Gasteiger partial charge in [0.15, 0.2) is 0 Å². The summed E-state index contributed by atoms with van der Waals surface area (Å²) in [6, 6.07) is -1.35. The van der Waals surface area contributed by atoms with Crippen molar-refractivity contribution in [2.24, 2.45) is 5.92 Å². The maximum absolute atomic E-state index is 14.0. The number of carbonyl (C=O) groups is 1. The molecule has 0 spiro atoms. The van der Waals surface area contributed by atoms with E-state index in [4.69, 9.17) is 16.3 Å². The van der Waals surface area contributed by atoms with Crippen LogP contribution in [-0.2, 0) is 9.53 Å². The largest absolute Gasteiger partial charge is 0.388 e. The molecule has 8 atom stereocenters. The maximum atomic E-state index is 14.0. The van der Waals surface area contributed by atoms with E-state index < -0.39 is 59.2 Å². The van der Waals surface area contributed by atoms with Crippen LogP contribution in [0.25, 0.3) is 0 Å². The highest BCUT2D eigenvalue weighted by Gasteiger charge is 2.48. The molecule has 8 nitrogen and oxygen atoms in total. The molecule has 0 bridgehead atoms. The minimum Gasteiger partial charge on any atom is -0.388 e. The quantitative estimate of drug-likeness (QED) is 0.164. The molecule has 1 saturated heterocycles. The van der Waals surface area contributed by atoms with Crippen molar-refractivity contribution in [3.05, 3.63) is 23.8 Å². The second-order valence-corrected chi connectivity index (χ2v) is 11.7. The van der Waals surface area contributed by atoms with Crippen LogP contribution >= 0.6 is 23.4 Å². The standard InChI is InChI=1S/C25H40ClF2N3O5S/c1-14(26)18(22-20(33)19(32)21(34)24(36-22)37-2)31-23(35)17-9-8-15(10-12-30-17)5-4-11-29-13-25(27,28)16-6-3-7-16/h4-5,8,14,16-22,24,29-30,32-34H,3,6-7,9-13H2,1-2H3,(H,31,35)/b5-4+/t14-,17?,18+,19-,20+,21+,22+,24+/m0/s1. The molecule has 0 aromatic rings. The molecule has 6 N–H and O–H groups in total. The smallest absolute Gasteiger partial charge is 0.263 e. The lowest BCUT2D eigenvalue weighted by Crippen LogP contribution is -2.65. The number of aliphatic hydroxyl groups is 3. The number of nitrogens with one attached hydrogen (secondary N) is 3. The van der Waals surface area contributed by atoms with E-state index in [0.717, 1.165) is 12.0 Å². The van der Waals surface area contributed by atoms with Crippen LogP contribution in [0.15, 0.2) is 23.8 Å². The topological polar surface area (TPSA) is 123 Å². The van der Waals surface area contributed by atoms with Gasteiger partial charge in [0.2, 0.25) is 5.91 Å². The number of ether oxygens (including phenoxy) is 1. The molecule has 1 unspecified atom stereocenters. The molecule has 0 aromatic heterocycles. The molecular formula is C25H40ClF2N3O5S. The number of alkyl halides is 3. The van der Waals surface area contributed by atoms with Gasteiger partial charge in [-0.2, -0.15) is 0 Å². The molecule has 3 aliphatic rings. The van der Waals surface area contributed by atoms with Gasteiger partial charge in [0, 0.05) is 12.5 Å². The first-order valence-corrected chi connectivity index (χ1v) is 14.6. The van der Waals surface area contributed by atoms with Gasteiger partial charge >= 0.3 is 0 Å². The molecule has 12 heteroatoms. The van der Waals surface area contributed by atoms with E-state index in [9.17, 15) is 28.9 Å². The van der Waals surface area contributed by atoms with Crippen molar-refractivity contribution in [1.29, 1.82) is 0 Å². The Bertz CT molecular complexity index is 815. The van der Waals surface area contributed by atoms with Gasteiger partial charge in [0.05, 0.1) is 24.0 Å². The number of amides is 1. The van der Waals surface area contributed by atoms with Gasteiger partial charge in [-0.3, -0.25) is 4.79 Å². The molecule has 2 fully saturated rings. The molecule has 37 heavy (non-hydrogen) atoms. The van der Waals surface area contributed by atoms with E-state index in [2.05, 4.69) is 16.0 Å². The molecular weight excluding hydrogens is 528 g/mol. The summed E-state index contributed by atoms with van der Waals surface area (Å²) in [5, 5.41) is 39.1. The third kappa shape index (κ3) is 8.11. The van der Waals surface area contributed by atoms with Crippen molar-refractivity contribution in [1.82, 2.24) is 16.0 Å². The fraction of sp³-hybridized carbons (Fsp3) is 0.800. The second-order valence-electron chi connectivity index (χ2n) is 10.1. The van der Waals surface area contributed by atoms with Crippen LogP contribution in [-0.4, -0.2) is 100 Å². The third-order valence-corrected chi connectivity index (χ3v) is 8.52. The number of hydrogen-bond acceptors (Lipinski definition) is 8. The minimum atomic E-state index is -2.66. The average molecular weight is 568 g/mol. The highest BCUT2D eigenvalue weighted by atomic mass is 35.5. The van der Waals surface area contributed by atoms with Crippen LogP contribution in [0, 0.1) is 5.92 Å². The Labute approximate surface area is 226 Å². The van der Waals surface area contributed by atoms with Gasteiger partial charge < -0.3 is 36.0 Å². The van der Waals surface area contributed by atoms with Gasteiger partial charge in [-0.05, 0) is 45.4 Å². The predicted octanol–water partition coefficient (Wildman–Crippen LogP) is 1.53. The van der Waals surface area contributed by atoms with E-state index in [-0.39, 0.29) is 12.5 Å². The fourth-order valence-electron chi connectivity index (χ4n) is 4.79. The van der Waals surface area contributed by atoms with E-state index in [1.807, 2.05) is 18.2 Å². The van der Waals surface area contributed by atoms with Crippen LogP contribution in [0.4, 0.5) is 8.78 Å². The van der Waals surface area contributed by atoms with E-state index in [0.29, 0.717) is 38.8 Å². The summed E-state index contributed by atoms with van der Waals surface area (Å²) in [7, 11) is 0. The Hall–Kier alpha value is -0.790. The van der Waals surface area contributed by atoms with E-state index in [1.54, 1.807) is 13.2 Å². The molecule has 2 aliphatic heterocycles. The zero-order valence-electron chi connectivity index (χ0n) is 21.3. The molecule has 1 aliphatic carbocycles. The molecule has 0 radical (unpaired) electrons. The Kier molecular flexibility index (Phi) is 11.7. The number of thioether (sulfide) groups is 1. The molecule has 2 heterocycles. The Morgan fingerprint density at radius 1 is 1.32 bits per heavy atom. The first-order chi connectivity index (χ1) is 17.5. The van der Waals surface area contributed by atoms with Gasteiger partial charge in [-0.25, -0.2) is 8.78 Å². The summed E-state index contributed by atoms with van der Waals surface area (Å²) in [6.07, 6.45) is 5.40. The van der Waals surface area contributed by atoms with Gasteiger partial charge in [-0.1, -0.05) is 30.2 Å². The van der Waals surface area contributed by atoms with E-state index in [1.165, 1.54) is 11.8 Å². The average Bonchev–Trinajstić information content (AvgIpc) is 3.05. The lowest BCUT2D eigenvalue weighted by molar-refractivity contribution is -0.205. The van der Waals surface area contributed by atoms with Crippen molar-refractivity contribution in [3.63, 3.8) is 0 Å². The highest BCUT2D eigenvalue weighted by molar-refractivity contribution is 7.99. The molecule has 3 rings (SSSR count). The van der Waals surface area contributed by atoms with E-state index >= 15 is 0 Å². The fourth-order valence-corrected chi connectivity index (χ4v) is 5.68. The monoisotopic (exact) mass is 567 g/mol. The number of allylic oxidation sites excluding steroid dienone is 1. The number of aliphatic hydroxyl groups excluding tert-OH is 3. The Balaban J connectivity index is 1.52. The van der Waals surface area contributed by atoms with Gasteiger partial charge in [-0.15, -0.1) is 23.4 Å². The Morgan fingerprint density at radius 2 is 2.05 bits per heavy atom. The first kappa shape index (κ1) is 30.7. The summed E-state index contributed by atoms with van der Waals surface area (Å²) in [5.41, 5.74) is 0.231. The number of rotatable bonds is 11. The number of hydrogen-bond donors (Lipinski definition) is 6. The highest BCUT2D eigenvalue weighted by Crippen LogP contribution is 2.39. The minimum absolute atomic E-state index is 0.321. The van der Waals surface area contributed by atoms with Crippen LogP contribution in [0.1, 0.15) is 39.0 Å². The summed E-state index contributed by atoms with van der Waals surface area (Å²) in [5.74, 6) is -3.49. The SMILES string of the molecule is CS[C@H]1O[C@H]([C@H](NC(=O)C2CC=C(/C=C/CNCC(F)(F)C3CCC3)CCN2)[C@H](C)Cl)[C@H](O)[C@H](O)[C@H]1O. The second kappa shape index (κ2) is 14.0. The van der Waals surface area contributed by atoms with Crippen molar-refractivity contribution in [3.8, 4) is 0 Å². The molecule has 1 saturated carbocycles. The number of carbonyl (C=O) groups excluding carboxylic acids is 1.